The summed E-state index contributed by atoms with van der Waals surface area (Å²) in [6, 6.07) is 9.24. The lowest BCUT2D eigenvalue weighted by atomic mass is 10.2. The number of fused-ring (bicyclic) bond motifs is 1. The summed E-state index contributed by atoms with van der Waals surface area (Å²) in [5.74, 6) is -0.151. The summed E-state index contributed by atoms with van der Waals surface area (Å²) in [4.78, 5) is 29.3. The number of thiophene rings is 1. The van der Waals surface area contributed by atoms with E-state index in [9.17, 15) is 9.59 Å². The van der Waals surface area contributed by atoms with Gasteiger partial charge in [-0.25, -0.2) is 4.98 Å². The third-order valence-corrected chi connectivity index (χ3v) is 4.37. The van der Waals surface area contributed by atoms with Crippen LogP contribution in [0.1, 0.15) is 12.0 Å². The lowest BCUT2D eigenvalue weighted by Crippen LogP contribution is -2.23. The highest BCUT2D eigenvalue weighted by atomic mass is 32.1. The number of anilines is 1. The Morgan fingerprint density at radius 1 is 1.38 bits per heavy atom. The maximum atomic E-state index is 12.3. The number of benzene rings is 1. The molecule has 0 unspecified atom stereocenters. The Bertz CT molecular complexity index is 917. The van der Waals surface area contributed by atoms with Gasteiger partial charge in [-0.2, -0.15) is 0 Å². The van der Waals surface area contributed by atoms with Crippen LogP contribution in [0, 0.1) is 0 Å². The van der Waals surface area contributed by atoms with Gasteiger partial charge in [0.05, 0.1) is 18.3 Å². The number of nitrogens with zero attached hydrogens (tertiary/aromatic N) is 2. The van der Waals surface area contributed by atoms with Crippen molar-refractivity contribution in [2.24, 2.45) is 0 Å². The van der Waals surface area contributed by atoms with Gasteiger partial charge in [-0.1, -0.05) is 12.1 Å². The van der Waals surface area contributed by atoms with E-state index in [4.69, 9.17) is 4.74 Å². The number of carbonyl (C=O) groups is 1. The van der Waals surface area contributed by atoms with Gasteiger partial charge in [-0.3, -0.25) is 14.2 Å². The Morgan fingerprint density at radius 3 is 3.08 bits per heavy atom. The highest BCUT2D eigenvalue weighted by molar-refractivity contribution is 7.16. The molecule has 0 saturated carbocycles. The van der Waals surface area contributed by atoms with Crippen molar-refractivity contribution in [3.8, 4) is 0 Å². The number of ether oxygens (including phenoxy) is 1. The minimum absolute atomic E-state index is 0.115. The van der Waals surface area contributed by atoms with Crippen LogP contribution >= 0.6 is 11.3 Å². The van der Waals surface area contributed by atoms with Gasteiger partial charge in [0.15, 0.2) is 0 Å². The van der Waals surface area contributed by atoms with Crippen LogP contribution in [0.2, 0.25) is 0 Å². The van der Waals surface area contributed by atoms with Gasteiger partial charge < -0.3 is 10.1 Å². The molecule has 0 aliphatic rings. The molecule has 1 aromatic carbocycles. The van der Waals surface area contributed by atoms with Gasteiger partial charge in [0, 0.05) is 25.8 Å². The number of hydrogen-bond acceptors (Lipinski definition) is 5. The van der Waals surface area contributed by atoms with Crippen LogP contribution in [0.4, 0.5) is 5.69 Å². The SMILES string of the molecule is COCc1cccc(NC(=O)CCn2cnc3sccc3c2=O)c1. The van der Waals surface area contributed by atoms with Crippen LogP contribution in [0.5, 0.6) is 0 Å². The standard InChI is InChI=1S/C17H17N3O3S/c1-23-10-12-3-2-4-13(9-12)19-15(21)5-7-20-11-18-16-14(17(20)22)6-8-24-16/h2-4,6,8-9,11H,5,7,10H2,1H3,(H,19,21). The Hall–Kier alpha value is -2.51. The number of aromatic nitrogens is 2. The lowest BCUT2D eigenvalue weighted by Gasteiger charge is -2.08. The lowest BCUT2D eigenvalue weighted by molar-refractivity contribution is -0.116. The van der Waals surface area contributed by atoms with Crippen LogP contribution in [0.25, 0.3) is 10.2 Å². The maximum Gasteiger partial charge on any atom is 0.262 e. The zero-order chi connectivity index (χ0) is 16.9. The van der Waals surface area contributed by atoms with E-state index >= 15 is 0 Å². The number of nitrogens with one attached hydrogen (secondary N) is 1. The van der Waals surface area contributed by atoms with E-state index in [1.54, 1.807) is 13.2 Å². The molecule has 1 N–H and O–H groups in total. The van der Waals surface area contributed by atoms with E-state index in [-0.39, 0.29) is 17.9 Å². The van der Waals surface area contributed by atoms with Gasteiger partial charge in [-0.15, -0.1) is 11.3 Å². The zero-order valence-electron chi connectivity index (χ0n) is 13.2. The number of methoxy groups -OCH3 is 1. The van der Waals surface area contributed by atoms with Crippen molar-refractivity contribution in [2.45, 2.75) is 19.6 Å². The van der Waals surface area contributed by atoms with Crippen molar-refractivity contribution >= 4 is 33.1 Å². The Labute approximate surface area is 142 Å². The van der Waals surface area contributed by atoms with E-state index in [0.29, 0.717) is 24.2 Å². The molecule has 3 rings (SSSR count). The van der Waals surface area contributed by atoms with Crippen molar-refractivity contribution in [3.63, 3.8) is 0 Å². The van der Waals surface area contributed by atoms with Gasteiger partial charge in [0.1, 0.15) is 4.83 Å². The average molecular weight is 343 g/mol. The molecule has 24 heavy (non-hydrogen) atoms. The fourth-order valence-electron chi connectivity index (χ4n) is 2.40. The van der Waals surface area contributed by atoms with Crippen molar-refractivity contribution in [2.75, 3.05) is 12.4 Å². The summed E-state index contributed by atoms with van der Waals surface area (Å²) < 4.78 is 6.55. The average Bonchev–Trinajstić information content (AvgIpc) is 3.04. The van der Waals surface area contributed by atoms with Crippen molar-refractivity contribution < 1.29 is 9.53 Å². The van der Waals surface area contributed by atoms with E-state index < -0.39 is 0 Å². The highest BCUT2D eigenvalue weighted by Gasteiger charge is 2.08. The second kappa shape index (κ2) is 7.37. The van der Waals surface area contributed by atoms with Gasteiger partial charge >= 0.3 is 0 Å². The van der Waals surface area contributed by atoms with Crippen LogP contribution in [0.3, 0.4) is 0 Å². The van der Waals surface area contributed by atoms with Gasteiger partial charge in [-0.05, 0) is 29.1 Å². The van der Waals surface area contributed by atoms with Crippen LogP contribution in [-0.2, 0) is 22.7 Å². The van der Waals surface area contributed by atoms with Crippen LogP contribution in [-0.4, -0.2) is 22.6 Å². The first-order valence-electron chi connectivity index (χ1n) is 7.48. The second-order valence-corrected chi connectivity index (χ2v) is 6.21. The number of amides is 1. The Morgan fingerprint density at radius 2 is 2.25 bits per heavy atom. The summed E-state index contributed by atoms with van der Waals surface area (Å²) in [6.07, 6.45) is 1.69. The minimum Gasteiger partial charge on any atom is -0.380 e. The third-order valence-electron chi connectivity index (χ3n) is 3.55. The first kappa shape index (κ1) is 16.4. The van der Waals surface area contributed by atoms with Crippen molar-refractivity contribution in [1.29, 1.82) is 0 Å². The number of aryl methyl sites for hydroxylation is 1. The summed E-state index contributed by atoms with van der Waals surface area (Å²) >= 11 is 1.43. The summed E-state index contributed by atoms with van der Waals surface area (Å²) in [7, 11) is 1.63. The predicted octanol–water partition coefficient (Wildman–Crippen LogP) is 2.63. The van der Waals surface area contributed by atoms with Gasteiger partial charge in [0.2, 0.25) is 5.91 Å². The molecular weight excluding hydrogens is 326 g/mol. The summed E-state index contributed by atoms with van der Waals surface area (Å²) in [5, 5.41) is 5.26. The first-order chi connectivity index (χ1) is 11.7. The molecule has 1 amide bonds. The van der Waals surface area contributed by atoms with Crippen molar-refractivity contribution in [3.05, 3.63) is 58.0 Å². The number of hydrogen-bond donors (Lipinski definition) is 1. The molecule has 0 atom stereocenters. The molecule has 3 aromatic rings. The topological polar surface area (TPSA) is 73.2 Å². The molecule has 0 bridgehead atoms. The van der Waals surface area contributed by atoms with Crippen LogP contribution in [0.15, 0.2) is 46.8 Å². The quantitative estimate of drug-likeness (QED) is 0.747. The van der Waals surface area contributed by atoms with Gasteiger partial charge in [0.25, 0.3) is 5.56 Å². The fourth-order valence-corrected chi connectivity index (χ4v) is 3.13. The molecule has 0 saturated heterocycles. The maximum absolute atomic E-state index is 12.3. The van der Waals surface area contributed by atoms with E-state index in [2.05, 4.69) is 10.3 Å². The molecule has 0 aliphatic heterocycles. The van der Waals surface area contributed by atoms with E-state index in [0.717, 1.165) is 10.4 Å². The Kier molecular flexibility index (Phi) is 5.02. The monoisotopic (exact) mass is 343 g/mol. The number of rotatable bonds is 6. The molecule has 2 heterocycles. The first-order valence-corrected chi connectivity index (χ1v) is 8.35. The fraction of sp³-hybridized carbons (Fsp3) is 0.235. The molecule has 0 radical (unpaired) electrons. The van der Waals surface area contributed by atoms with Crippen molar-refractivity contribution in [1.82, 2.24) is 9.55 Å². The predicted molar refractivity (Wildman–Crippen MR) is 94.3 cm³/mol. The van der Waals surface area contributed by atoms with E-state index in [1.165, 1.54) is 22.2 Å². The molecule has 0 fully saturated rings. The number of carbonyl (C=O) groups excluding carboxylic acids is 1. The molecule has 2 aromatic heterocycles. The molecule has 0 spiro atoms. The summed E-state index contributed by atoms with van der Waals surface area (Å²) in [6.45, 7) is 0.784. The molecule has 0 aliphatic carbocycles. The second-order valence-electron chi connectivity index (χ2n) is 5.31. The molecule has 6 nitrogen and oxygen atoms in total. The van der Waals surface area contributed by atoms with Crippen LogP contribution < -0.4 is 10.9 Å². The molecule has 124 valence electrons. The normalized spacial score (nSPS) is 10.9. The molecule has 7 heteroatoms. The largest absolute Gasteiger partial charge is 0.380 e. The highest BCUT2D eigenvalue weighted by Crippen LogP contribution is 2.14. The van der Waals surface area contributed by atoms with E-state index in [1.807, 2.05) is 29.6 Å². The Balaban J connectivity index is 1.63. The summed E-state index contributed by atoms with van der Waals surface area (Å²) in [5.41, 5.74) is 1.59. The third kappa shape index (κ3) is 3.69. The zero-order valence-corrected chi connectivity index (χ0v) is 14.0. The minimum atomic E-state index is -0.151. The molecular formula is C17H17N3O3S. The smallest absolute Gasteiger partial charge is 0.262 e.